The first kappa shape index (κ1) is 18.4. The highest BCUT2D eigenvalue weighted by atomic mass is 19.4. The van der Waals surface area contributed by atoms with Gasteiger partial charge in [-0.2, -0.15) is 13.2 Å². The van der Waals surface area contributed by atoms with Gasteiger partial charge in [0.2, 0.25) is 5.91 Å². The molecule has 0 atom stereocenters. The molecule has 0 aliphatic carbocycles. The van der Waals surface area contributed by atoms with Gasteiger partial charge in [0.05, 0.1) is 12.1 Å². The Balaban J connectivity index is 1.80. The summed E-state index contributed by atoms with van der Waals surface area (Å²) in [6.45, 7) is -0.170. The first-order valence-electron chi connectivity index (χ1n) is 7.22. The van der Waals surface area contributed by atoms with Crippen LogP contribution < -0.4 is 10.6 Å². The van der Waals surface area contributed by atoms with Crippen molar-refractivity contribution in [3.8, 4) is 0 Å². The van der Waals surface area contributed by atoms with Crippen LogP contribution in [-0.4, -0.2) is 18.4 Å². The number of rotatable bonds is 5. The Morgan fingerprint density at radius 1 is 0.880 bits per heavy atom. The predicted octanol–water partition coefficient (Wildman–Crippen LogP) is 2.89. The van der Waals surface area contributed by atoms with E-state index in [2.05, 4.69) is 10.6 Å². The van der Waals surface area contributed by atoms with Gasteiger partial charge >= 0.3 is 6.18 Å². The van der Waals surface area contributed by atoms with Crippen molar-refractivity contribution in [1.82, 2.24) is 10.6 Å². The van der Waals surface area contributed by atoms with Gasteiger partial charge in [0, 0.05) is 12.1 Å². The molecule has 0 aliphatic rings. The second-order valence-electron chi connectivity index (χ2n) is 5.16. The summed E-state index contributed by atoms with van der Waals surface area (Å²) in [5.41, 5.74) is -0.163. The number of alkyl halides is 3. The second-order valence-corrected chi connectivity index (χ2v) is 5.16. The molecule has 0 aliphatic heterocycles. The largest absolute Gasteiger partial charge is 0.416 e. The van der Waals surface area contributed by atoms with Gasteiger partial charge < -0.3 is 10.6 Å². The van der Waals surface area contributed by atoms with Crippen LogP contribution in [0.25, 0.3) is 0 Å². The molecule has 2 aromatic carbocycles. The average Bonchev–Trinajstić information content (AvgIpc) is 2.58. The van der Waals surface area contributed by atoms with Crippen LogP contribution in [0.15, 0.2) is 48.5 Å². The lowest BCUT2D eigenvalue weighted by Gasteiger charge is -2.09. The van der Waals surface area contributed by atoms with E-state index in [0.717, 1.165) is 24.3 Å². The Morgan fingerprint density at radius 3 is 2.04 bits per heavy atom. The maximum Gasteiger partial charge on any atom is 0.416 e. The van der Waals surface area contributed by atoms with Crippen molar-refractivity contribution in [1.29, 1.82) is 0 Å². The quantitative estimate of drug-likeness (QED) is 0.812. The van der Waals surface area contributed by atoms with Crippen LogP contribution in [0.1, 0.15) is 21.5 Å². The van der Waals surface area contributed by atoms with Crippen molar-refractivity contribution in [2.75, 3.05) is 6.54 Å². The summed E-state index contributed by atoms with van der Waals surface area (Å²) < 4.78 is 50.1. The van der Waals surface area contributed by atoms with Crippen molar-refractivity contribution in [2.24, 2.45) is 0 Å². The maximum atomic E-state index is 12.7. The number of hydrogen-bond acceptors (Lipinski definition) is 2. The summed E-state index contributed by atoms with van der Waals surface area (Å²) in [5.74, 6) is -1.53. The lowest BCUT2D eigenvalue weighted by atomic mass is 10.1. The van der Waals surface area contributed by atoms with E-state index in [0.29, 0.717) is 5.56 Å². The Bertz CT molecular complexity index is 741. The zero-order valence-electron chi connectivity index (χ0n) is 12.9. The van der Waals surface area contributed by atoms with Gasteiger partial charge in [0.1, 0.15) is 5.82 Å². The van der Waals surface area contributed by atoms with Gasteiger partial charge in [-0.05, 0) is 42.0 Å². The lowest BCUT2D eigenvalue weighted by molar-refractivity contribution is -0.137. The SMILES string of the molecule is O=C(CNC(=O)c1ccc(C(F)(F)F)cc1)NCc1ccc(F)cc1. The van der Waals surface area contributed by atoms with Gasteiger partial charge in [-0.3, -0.25) is 9.59 Å². The van der Waals surface area contributed by atoms with Gasteiger partial charge in [-0.1, -0.05) is 12.1 Å². The molecule has 0 spiro atoms. The van der Waals surface area contributed by atoms with E-state index in [4.69, 9.17) is 0 Å². The Kier molecular flexibility index (Phi) is 5.74. The molecular formula is C17H14F4N2O2. The molecule has 8 heteroatoms. The summed E-state index contributed by atoms with van der Waals surface area (Å²) in [4.78, 5) is 23.5. The monoisotopic (exact) mass is 354 g/mol. The molecule has 2 aromatic rings. The molecule has 0 bridgehead atoms. The maximum absolute atomic E-state index is 12.7. The van der Waals surface area contributed by atoms with E-state index in [-0.39, 0.29) is 24.5 Å². The minimum Gasteiger partial charge on any atom is -0.350 e. The van der Waals surface area contributed by atoms with E-state index in [1.807, 2.05) is 0 Å². The minimum atomic E-state index is -4.48. The number of benzene rings is 2. The van der Waals surface area contributed by atoms with Gasteiger partial charge in [-0.15, -0.1) is 0 Å². The van der Waals surface area contributed by atoms with Crippen molar-refractivity contribution in [3.05, 3.63) is 71.0 Å². The Morgan fingerprint density at radius 2 is 1.48 bits per heavy atom. The smallest absolute Gasteiger partial charge is 0.350 e. The molecule has 25 heavy (non-hydrogen) atoms. The number of halogens is 4. The third-order valence-electron chi connectivity index (χ3n) is 3.29. The summed E-state index contributed by atoms with van der Waals surface area (Å²) in [6, 6.07) is 9.20. The Hall–Kier alpha value is -2.90. The Labute approximate surface area is 140 Å². The van der Waals surface area contributed by atoms with E-state index < -0.39 is 23.6 Å². The topological polar surface area (TPSA) is 58.2 Å². The van der Waals surface area contributed by atoms with Crippen LogP contribution in [0.5, 0.6) is 0 Å². The summed E-state index contributed by atoms with van der Waals surface area (Å²) >= 11 is 0. The molecule has 0 unspecified atom stereocenters. The van der Waals surface area contributed by atoms with Crippen LogP contribution in [-0.2, 0) is 17.5 Å². The molecule has 0 aromatic heterocycles. The van der Waals surface area contributed by atoms with Crippen LogP contribution in [0, 0.1) is 5.82 Å². The van der Waals surface area contributed by atoms with E-state index >= 15 is 0 Å². The fraction of sp³-hybridized carbons (Fsp3) is 0.176. The molecule has 132 valence electrons. The predicted molar refractivity (Wildman–Crippen MR) is 82.0 cm³/mol. The fourth-order valence-corrected chi connectivity index (χ4v) is 1.94. The molecule has 0 fully saturated rings. The normalized spacial score (nSPS) is 11.0. The van der Waals surface area contributed by atoms with Gasteiger partial charge in [0.25, 0.3) is 5.91 Å². The first-order valence-corrected chi connectivity index (χ1v) is 7.22. The number of carbonyl (C=O) groups is 2. The zero-order chi connectivity index (χ0) is 18.4. The highest BCUT2D eigenvalue weighted by molar-refractivity contribution is 5.96. The first-order chi connectivity index (χ1) is 11.8. The molecule has 0 radical (unpaired) electrons. The van der Waals surface area contributed by atoms with E-state index in [1.165, 1.54) is 24.3 Å². The summed E-state index contributed by atoms with van der Waals surface area (Å²) in [5, 5.41) is 4.84. The van der Waals surface area contributed by atoms with Crippen molar-refractivity contribution >= 4 is 11.8 Å². The second kappa shape index (κ2) is 7.78. The van der Waals surface area contributed by atoms with Crippen LogP contribution in [0.3, 0.4) is 0 Å². The van der Waals surface area contributed by atoms with Crippen LogP contribution in [0.2, 0.25) is 0 Å². The van der Waals surface area contributed by atoms with Crippen molar-refractivity contribution in [2.45, 2.75) is 12.7 Å². The summed E-state index contributed by atoms with van der Waals surface area (Å²) in [6.07, 6.45) is -4.48. The average molecular weight is 354 g/mol. The fourth-order valence-electron chi connectivity index (χ4n) is 1.94. The molecule has 0 saturated heterocycles. The highest BCUT2D eigenvalue weighted by Gasteiger charge is 2.30. The van der Waals surface area contributed by atoms with E-state index in [1.54, 1.807) is 0 Å². The van der Waals surface area contributed by atoms with Gasteiger partial charge in [-0.25, -0.2) is 4.39 Å². The standard InChI is InChI=1S/C17H14F4N2O2/c18-14-7-1-11(2-8-14)9-22-15(24)10-23-16(25)12-3-5-13(6-4-12)17(19,20)21/h1-8H,9-10H2,(H,22,24)(H,23,25). The van der Waals surface area contributed by atoms with Crippen molar-refractivity contribution < 1.29 is 27.2 Å². The number of hydrogen-bond donors (Lipinski definition) is 2. The molecule has 4 nitrogen and oxygen atoms in total. The lowest BCUT2D eigenvalue weighted by Crippen LogP contribution is -2.36. The third-order valence-corrected chi connectivity index (χ3v) is 3.29. The summed E-state index contributed by atoms with van der Waals surface area (Å²) in [7, 11) is 0. The van der Waals surface area contributed by atoms with Crippen molar-refractivity contribution in [3.63, 3.8) is 0 Å². The third kappa shape index (κ3) is 5.59. The molecule has 2 N–H and O–H groups in total. The molecule has 2 amide bonds. The number of amides is 2. The number of carbonyl (C=O) groups excluding carboxylic acids is 2. The number of nitrogens with one attached hydrogen (secondary N) is 2. The molecule has 0 heterocycles. The minimum absolute atomic E-state index is 0.0133. The zero-order valence-corrected chi connectivity index (χ0v) is 12.9. The van der Waals surface area contributed by atoms with Gasteiger partial charge in [0.15, 0.2) is 0 Å². The molecular weight excluding hydrogens is 340 g/mol. The molecule has 0 saturated carbocycles. The van der Waals surface area contributed by atoms with E-state index in [9.17, 15) is 27.2 Å². The molecule has 2 rings (SSSR count). The van der Waals surface area contributed by atoms with Crippen LogP contribution in [0.4, 0.5) is 17.6 Å². The highest BCUT2D eigenvalue weighted by Crippen LogP contribution is 2.29. The van der Waals surface area contributed by atoms with Crippen LogP contribution >= 0.6 is 0 Å².